The van der Waals surface area contributed by atoms with E-state index in [0.717, 1.165) is 20.8 Å². The molecule has 5 rings (SSSR count). The predicted molar refractivity (Wildman–Crippen MR) is 124 cm³/mol. The Morgan fingerprint density at radius 3 is 2.48 bits per heavy atom. The smallest absolute Gasteiger partial charge is 0.267 e. The summed E-state index contributed by atoms with van der Waals surface area (Å²) in [6, 6.07) is 22.1. The number of rotatable bonds is 3. The molecule has 2 heterocycles. The van der Waals surface area contributed by atoms with Crippen LogP contribution in [0.25, 0.3) is 31.7 Å². The molecule has 5 aromatic rings. The Morgan fingerprint density at radius 1 is 1.00 bits per heavy atom. The fourth-order valence-corrected chi connectivity index (χ4v) is 4.54. The molecule has 0 saturated carbocycles. The molecule has 1 amide bonds. The molecule has 152 valence electrons. The average molecular weight is 427 g/mol. The monoisotopic (exact) mass is 427 g/mol. The number of pyridine rings is 1. The number of benzene rings is 3. The second-order valence-corrected chi connectivity index (χ2v) is 8.15. The van der Waals surface area contributed by atoms with Gasteiger partial charge >= 0.3 is 0 Å². The van der Waals surface area contributed by atoms with E-state index in [4.69, 9.17) is 0 Å². The van der Waals surface area contributed by atoms with Gasteiger partial charge in [-0.1, -0.05) is 24.3 Å². The van der Waals surface area contributed by atoms with Crippen molar-refractivity contribution in [3.8, 4) is 16.3 Å². The van der Waals surface area contributed by atoms with Crippen molar-refractivity contribution in [2.24, 2.45) is 7.05 Å². The summed E-state index contributed by atoms with van der Waals surface area (Å²) in [5.74, 6) is -0.973. The van der Waals surface area contributed by atoms with Crippen LogP contribution in [0, 0.1) is 0 Å². The Kier molecular flexibility index (Phi) is 4.52. The van der Waals surface area contributed by atoms with Gasteiger partial charge in [0.2, 0.25) is 0 Å². The molecule has 0 aliphatic rings. The van der Waals surface area contributed by atoms with Gasteiger partial charge in [-0.25, -0.2) is 4.98 Å². The van der Waals surface area contributed by atoms with Gasteiger partial charge in [0.05, 0.1) is 15.7 Å². The topological polar surface area (TPSA) is 84.2 Å². The Hall–Kier alpha value is -3.97. The molecule has 0 atom stereocenters. The van der Waals surface area contributed by atoms with Crippen molar-refractivity contribution in [2.75, 3.05) is 5.32 Å². The van der Waals surface area contributed by atoms with E-state index in [-0.39, 0.29) is 11.3 Å². The van der Waals surface area contributed by atoms with Crippen LogP contribution in [0.5, 0.6) is 5.75 Å². The Bertz CT molecular complexity index is 1480. The summed E-state index contributed by atoms with van der Waals surface area (Å²) < 4.78 is 2.47. The number of hydrogen-bond acceptors (Lipinski definition) is 5. The molecular formula is C24H17N3O3S. The molecule has 0 radical (unpaired) electrons. The molecule has 0 fully saturated rings. The first-order valence-electron chi connectivity index (χ1n) is 9.61. The van der Waals surface area contributed by atoms with E-state index in [0.29, 0.717) is 16.6 Å². The largest absolute Gasteiger partial charge is 0.506 e. The van der Waals surface area contributed by atoms with E-state index in [1.54, 1.807) is 54.8 Å². The molecule has 0 spiro atoms. The van der Waals surface area contributed by atoms with E-state index >= 15 is 0 Å². The van der Waals surface area contributed by atoms with Crippen LogP contribution in [0.1, 0.15) is 10.4 Å². The average Bonchev–Trinajstić information content (AvgIpc) is 3.22. The minimum Gasteiger partial charge on any atom is -0.506 e. The number of aromatic hydroxyl groups is 1. The summed E-state index contributed by atoms with van der Waals surface area (Å²) in [6.45, 7) is 0. The van der Waals surface area contributed by atoms with E-state index < -0.39 is 11.5 Å². The second kappa shape index (κ2) is 7.37. The third kappa shape index (κ3) is 3.25. The maximum absolute atomic E-state index is 12.8. The van der Waals surface area contributed by atoms with E-state index in [9.17, 15) is 14.7 Å². The molecule has 6 nitrogen and oxygen atoms in total. The quantitative estimate of drug-likeness (QED) is 0.434. The van der Waals surface area contributed by atoms with Crippen molar-refractivity contribution in [1.82, 2.24) is 9.55 Å². The summed E-state index contributed by atoms with van der Waals surface area (Å²) in [6.07, 6.45) is 0. The van der Waals surface area contributed by atoms with Gasteiger partial charge in [-0.05, 0) is 48.5 Å². The fourth-order valence-electron chi connectivity index (χ4n) is 3.57. The summed E-state index contributed by atoms with van der Waals surface area (Å²) in [7, 11) is 1.58. The summed E-state index contributed by atoms with van der Waals surface area (Å²) >= 11 is 1.60. The first-order chi connectivity index (χ1) is 15.0. The minimum atomic E-state index is -0.656. The van der Waals surface area contributed by atoms with Crippen molar-refractivity contribution in [1.29, 1.82) is 0 Å². The van der Waals surface area contributed by atoms with Crippen LogP contribution < -0.4 is 10.9 Å². The predicted octanol–water partition coefficient (Wildman–Crippen LogP) is 4.77. The first kappa shape index (κ1) is 19.0. The number of para-hydroxylation sites is 2. The molecule has 0 saturated heterocycles. The highest BCUT2D eigenvalue weighted by Gasteiger charge is 2.21. The molecule has 0 aliphatic heterocycles. The van der Waals surface area contributed by atoms with Crippen molar-refractivity contribution < 1.29 is 9.90 Å². The number of thiazole rings is 1. The Labute approximate surface area is 181 Å². The van der Waals surface area contributed by atoms with Gasteiger partial charge in [0.1, 0.15) is 16.3 Å². The van der Waals surface area contributed by atoms with Crippen LogP contribution in [0.3, 0.4) is 0 Å². The standard InChI is InChI=1S/C24H17N3O3S/c1-27-18-8-4-2-6-16(18)21(28)20(24(27)30)22(29)25-15-12-10-14(11-13-15)23-26-17-7-3-5-9-19(17)31-23/h2-13,28H,1H3,(H,25,29). The highest BCUT2D eigenvalue weighted by Crippen LogP contribution is 2.31. The van der Waals surface area contributed by atoms with Gasteiger partial charge in [-0.3, -0.25) is 9.59 Å². The zero-order valence-corrected chi connectivity index (χ0v) is 17.3. The fraction of sp³-hybridized carbons (Fsp3) is 0.0417. The van der Waals surface area contributed by atoms with E-state index in [2.05, 4.69) is 10.3 Å². The SMILES string of the molecule is Cn1c(=O)c(C(=O)Nc2ccc(-c3nc4ccccc4s3)cc2)c(O)c2ccccc21. The van der Waals surface area contributed by atoms with Crippen LogP contribution in [-0.4, -0.2) is 20.6 Å². The highest BCUT2D eigenvalue weighted by atomic mass is 32.1. The van der Waals surface area contributed by atoms with Gasteiger partial charge < -0.3 is 15.0 Å². The van der Waals surface area contributed by atoms with Crippen LogP contribution in [0.4, 0.5) is 5.69 Å². The van der Waals surface area contributed by atoms with Crippen LogP contribution in [0.15, 0.2) is 77.6 Å². The van der Waals surface area contributed by atoms with Gasteiger partial charge in [-0.2, -0.15) is 0 Å². The van der Waals surface area contributed by atoms with Gasteiger partial charge in [0, 0.05) is 23.7 Å². The van der Waals surface area contributed by atoms with Crippen molar-refractivity contribution >= 4 is 44.1 Å². The normalized spacial score (nSPS) is 11.1. The first-order valence-corrected chi connectivity index (χ1v) is 10.4. The number of anilines is 1. The number of amides is 1. The third-order valence-electron chi connectivity index (χ3n) is 5.19. The second-order valence-electron chi connectivity index (χ2n) is 7.12. The number of nitrogens with zero attached hydrogens (tertiary/aromatic N) is 2. The molecule has 7 heteroatoms. The molecule has 2 aromatic heterocycles. The molecule has 0 aliphatic carbocycles. The van der Waals surface area contributed by atoms with Crippen molar-refractivity contribution in [3.05, 3.63) is 88.7 Å². The maximum atomic E-state index is 12.8. The Balaban J connectivity index is 1.45. The van der Waals surface area contributed by atoms with Crippen molar-refractivity contribution in [3.63, 3.8) is 0 Å². The number of fused-ring (bicyclic) bond motifs is 2. The zero-order chi connectivity index (χ0) is 21.5. The zero-order valence-electron chi connectivity index (χ0n) is 16.5. The lowest BCUT2D eigenvalue weighted by Crippen LogP contribution is -2.28. The summed E-state index contributed by atoms with van der Waals surface area (Å²) in [5.41, 5.74) is 2.12. The molecular weight excluding hydrogens is 410 g/mol. The van der Waals surface area contributed by atoms with Gasteiger partial charge in [0.15, 0.2) is 0 Å². The number of aryl methyl sites for hydroxylation is 1. The van der Waals surface area contributed by atoms with Crippen LogP contribution >= 0.6 is 11.3 Å². The number of nitrogens with one attached hydrogen (secondary N) is 1. The lowest BCUT2D eigenvalue weighted by molar-refractivity contribution is 0.102. The van der Waals surface area contributed by atoms with Gasteiger partial charge in [0.25, 0.3) is 11.5 Å². The third-order valence-corrected chi connectivity index (χ3v) is 6.27. The number of carbonyl (C=O) groups excluding carboxylic acids is 1. The van der Waals surface area contributed by atoms with E-state index in [1.807, 2.05) is 36.4 Å². The van der Waals surface area contributed by atoms with Crippen LogP contribution in [0.2, 0.25) is 0 Å². The van der Waals surface area contributed by atoms with Crippen LogP contribution in [-0.2, 0) is 7.05 Å². The molecule has 0 unspecified atom stereocenters. The molecule has 3 aromatic carbocycles. The summed E-state index contributed by atoms with van der Waals surface area (Å²) in [5, 5.41) is 14.6. The minimum absolute atomic E-state index is 0.281. The molecule has 0 bridgehead atoms. The molecule has 31 heavy (non-hydrogen) atoms. The van der Waals surface area contributed by atoms with Crippen molar-refractivity contribution in [2.45, 2.75) is 0 Å². The van der Waals surface area contributed by atoms with Gasteiger partial charge in [-0.15, -0.1) is 11.3 Å². The summed E-state index contributed by atoms with van der Waals surface area (Å²) in [4.78, 5) is 30.2. The highest BCUT2D eigenvalue weighted by molar-refractivity contribution is 7.21. The van der Waals surface area contributed by atoms with E-state index in [1.165, 1.54) is 4.57 Å². The molecule has 2 N–H and O–H groups in total. The number of hydrogen-bond donors (Lipinski definition) is 2. The number of carbonyl (C=O) groups is 1. The number of aromatic nitrogens is 2. The lowest BCUT2D eigenvalue weighted by Gasteiger charge is -2.12. The Morgan fingerprint density at radius 2 is 1.71 bits per heavy atom. The maximum Gasteiger partial charge on any atom is 0.267 e. The lowest BCUT2D eigenvalue weighted by atomic mass is 10.1.